The standard InChI is InChI=1S/C20H32OS/c1-19-9-8-15-13(14(19)6-7-18(19)21-3)5-4-12-10-16-17(22-16)11-20(12,15)2/h12-18H,4-11H2,1-3H3/t12-,13-,14-,15-,16-,17+,18-,19-,20-/m0/s1. The largest absolute Gasteiger partial charge is 0.381 e. The van der Waals surface area contributed by atoms with E-state index in [1.165, 1.54) is 38.5 Å². The number of ether oxygens (including phenoxy) is 1. The topological polar surface area (TPSA) is 9.23 Å². The molecular weight excluding hydrogens is 288 g/mol. The molecule has 0 bridgehead atoms. The lowest BCUT2D eigenvalue weighted by Gasteiger charge is -2.60. The lowest BCUT2D eigenvalue weighted by atomic mass is 9.45. The third-order valence-corrected chi connectivity index (χ3v) is 10.5. The Bertz CT molecular complexity index is 478. The number of thioether (sulfide) groups is 1. The third-order valence-electron chi connectivity index (χ3n) is 9.11. The predicted octanol–water partition coefficient (Wildman–Crippen LogP) is 5.14. The molecule has 1 aliphatic heterocycles. The molecule has 0 N–H and O–H groups in total. The van der Waals surface area contributed by atoms with Crippen molar-refractivity contribution in [3.05, 3.63) is 0 Å². The van der Waals surface area contributed by atoms with Gasteiger partial charge in [0.25, 0.3) is 0 Å². The van der Waals surface area contributed by atoms with Crippen LogP contribution >= 0.6 is 11.8 Å². The highest BCUT2D eigenvalue weighted by atomic mass is 32.2. The van der Waals surface area contributed by atoms with Crippen molar-refractivity contribution >= 4 is 11.8 Å². The van der Waals surface area contributed by atoms with Gasteiger partial charge in [0.1, 0.15) is 0 Å². The fourth-order valence-corrected chi connectivity index (χ4v) is 9.22. The molecule has 1 saturated heterocycles. The van der Waals surface area contributed by atoms with E-state index in [1.54, 1.807) is 12.8 Å². The Morgan fingerprint density at radius 3 is 2.55 bits per heavy atom. The van der Waals surface area contributed by atoms with Gasteiger partial charge in [0.15, 0.2) is 0 Å². The van der Waals surface area contributed by atoms with Gasteiger partial charge in [-0.25, -0.2) is 0 Å². The van der Waals surface area contributed by atoms with Crippen molar-refractivity contribution in [2.24, 2.45) is 34.5 Å². The van der Waals surface area contributed by atoms with Crippen LogP contribution in [0.15, 0.2) is 0 Å². The maximum Gasteiger partial charge on any atom is 0.0627 e. The molecule has 5 fully saturated rings. The molecule has 0 unspecified atom stereocenters. The monoisotopic (exact) mass is 320 g/mol. The number of rotatable bonds is 1. The molecule has 0 aromatic rings. The van der Waals surface area contributed by atoms with Crippen molar-refractivity contribution < 1.29 is 4.74 Å². The molecule has 124 valence electrons. The second-order valence-electron chi connectivity index (χ2n) is 9.66. The maximum absolute atomic E-state index is 5.92. The fraction of sp³-hybridized carbons (Fsp3) is 1.00. The van der Waals surface area contributed by atoms with Gasteiger partial charge in [-0.1, -0.05) is 13.8 Å². The highest BCUT2D eigenvalue weighted by Crippen LogP contribution is 2.70. The van der Waals surface area contributed by atoms with Crippen LogP contribution < -0.4 is 0 Å². The Labute approximate surface area is 140 Å². The predicted molar refractivity (Wildman–Crippen MR) is 93.1 cm³/mol. The minimum absolute atomic E-state index is 0.491. The van der Waals surface area contributed by atoms with Gasteiger partial charge in [0.05, 0.1) is 6.10 Å². The van der Waals surface area contributed by atoms with Crippen molar-refractivity contribution in [3.8, 4) is 0 Å². The van der Waals surface area contributed by atoms with Crippen LogP contribution in [0.1, 0.15) is 65.2 Å². The van der Waals surface area contributed by atoms with E-state index < -0.39 is 0 Å². The highest BCUT2D eigenvalue weighted by molar-refractivity contribution is 8.07. The van der Waals surface area contributed by atoms with Crippen LogP contribution in [0, 0.1) is 34.5 Å². The first kappa shape index (κ1) is 14.6. The van der Waals surface area contributed by atoms with Gasteiger partial charge in [0, 0.05) is 17.6 Å². The summed E-state index contributed by atoms with van der Waals surface area (Å²) in [7, 11) is 1.95. The molecule has 4 saturated carbocycles. The van der Waals surface area contributed by atoms with E-state index in [2.05, 4.69) is 25.6 Å². The highest BCUT2D eigenvalue weighted by Gasteiger charge is 2.63. The van der Waals surface area contributed by atoms with E-state index in [1.807, 2.05) is 7.11 Å². The summed E-state index contributed by atoms with van der Waals surface area (Å²) in [5.41, 5.74) is 1.17. The molecule has 1 heterocycles. The van der Waals surface area contributed by atoms with Crippen LogP contribution in [0.5, 0.6) is 0 Å². The molecule has 0 aromatic carbocycles. The molecule has 0 amide bonds. The van der Waals surface area contributed by atoms with Gasteiger partial charge in [-0.05, 0) is 85.9 Å². The van der Waals surface area contributed by atoms with Gasteiger partial charge in [0.2, 0.25) is 0 Å². The normalized spacial score (nSPS) is 62.6. The molecular formula is C20H32OS. The lowest BCUT2D eigenvalue weighted by molar-refractivity contribution is -0.122. The third kappa shape index (κ3) is 1.78. The second kappa shape index (κ2) is 4.69. The minimum atomic E-state index is 0.491. The van der Waals surface area contributed by atoms with E-state index in [0.717, 1.165) is 34.2 Å². The molecule has 0 radical (unpaired) electrons. The number of hydrogen-bond acceptors (Lipinski definition) is 2. The minimum Gasteiger partial charge on any atom is -0.381 e. The van der Waals surface area contributed by atoms with Gasteiger partial charge in [-0.3, -0.25) is 0 Å². The summed E-state index contributed by atoms with van der Waals surface area (Å²) in [6.07, 6.45) is 12.4. The molecule has 1 nitrogen and oxygen atoms in total. The molecule has 4 aliphatic carbocycles. The Kier molecular flexibility index (Phi) is 3.12. The quantitative estimate of drug-likeness (QED) is 0.619. The summed E-state index contributed by atoms with van der Waals surface area (Å²) in [6, 6.07) is 0. The van der Waals surface area contributed by atoms with E-state index in [0.29, 0.717) is 16.9 Å². The van der Waals surface area contributed by atoms with Crippen molar-refractivity contribution in [1.29, 1.82) is 0 Å². The summed E-state index contributed by atoms with van der Waals surface area (Å²) in [5, 5.41) is 2.11. The van der Waals surface area contributed by atoms with Crippen LogP contribution in [0.2, 0.25) is 0 Å². The zero-order valence-electron chi connectivity index (χ0n) is 14.5. The van der Waals surface area contributed by atoms with Gasteiger partial charge >= 0.3 is 0 Å². The van der Waals surface area contributed by atoms with Gasteiger partial charge in [-0.2, -0.15) is 11.8 Å². The maximum atomic E-state index is 5.92. The van der Waals surface area contributed by atoms with Crippen LogP contribution in [-0.2, 0) is 4.74 Å². The number of fused-ring (bicyclic) bond motifs is 6. The van der Waals surface area contributed by atoms with E-state index in [-0.39, 0.29) is 0 Å². The smallest absolute Gasteiger partial charge is 0.0627 e. The molecule has 2 heteroatoms. The zero-order chi connectivity index (χ0) is 15.1. The van der Waals surface area contributed by atoms with Crippen molar-refractivity contribution in [2.45, 2.75) is 81.8 Å². The zero-order valence-corrected chi connectivity index (χ0v) is 15.3. The van der Waals surface area contributed by atoms with E-state index in [9.17, 15) is 0 Å². The van der Waals surface area contributed by atoms with Gasteiger partial charge < -0.3 is 4.74 Å². The molecule has 0 spiro atoms. The first-order valence-corrected chi connectivity index (χ1v) is 10.7. The van der Waals surface area contributed by atoms with Crippen molar-refractivity contribution in [3.63, 3.8) is 0 Å². The number of methoxy groups -OCH3 is 1. The lowest BCUT2D eigenvalue weighted by Crippen LogP contribution is -2.54. The van der Waals surface area contributed by atoms with Crippen LogP contribution in [0.25, 0.3) is 0 Å². The Morgan fingerprint density at radius 1 is 0.909 bits per heavy atom. The van der Waals surface area contributed by atoms with E-state index in [4.69, 9.17) is 4.74 Å². The average molecular weight is 321 g/mol. The molecule has 22 heavy (non-hydrogen) atoms. The van der Waals surface area contributed by atoms with Crippen LogP contribution in [-0.4, -0.2) is 23.7 Å². The molecule has 9 atom stereocenters. The summed E-state index contributed by atoms with van der Waals surface area (Å²) in [4.78, 5) is 0. The first-order chi connectivity index (χ1) is 10.6. The summed E-state index contributed by atoms with van der Waals surface area (Å²) in [5.74, 6) is 4.05. The van der Waals surface area contributed by atoms with Crippen molar-refractivity contribution in [2.75, 3.05) is 7.11 Å². The second-order valence-corrected chi connectivity index (χ2v) is 11.1. The summed E-state index contributed by atoms with van der Waals surface area (Å²) < 4.78 is 5.92. The van der Waals surface area contributed by atoms with E-state index >= 15 is 0 Å². The number of hydrogen-bond donors (Lipinski definition) is 0. The Morgan fingerprint density at radius 2 is 1.73 bits per heavy atom. The Hall–Kier alpha value is 0.310. The average Bonchev–Trinajstić information content (AvgIpc) is 3.14. The fourth-order valence-electron chi connectivity index (χ4n) is 7.86. The Balaban J connectivity index is 1.45. The van der Waals surface area contributed by atoms with Crippen LogP contribution in [0.4, 0.5) is 0 Å². The molecule has 5 aliphatic rings. The summed E-state index contributed by atoms with van der Waals surface area (Å²) in [6.45, 7) is 5.27. The van der Waals surface area contributed by atoms with Crippen molar-refractivity contribution in [1.82, 2.24) is 0 Å². The molecule has 5 rings (SSSR count). The SMILES string of the molecule is CO[C@H]1CC[C@H]2[C@@H]3CC[C@H]4C[C@@H]5S[C@@H]5C[C@]4(C)[C@H]3CC[C@]12C. The molecule has 0 aromatic heterocycles. The van der Waals surface area contributed by atoms with Crippen LogP contribution in [0.3, 0.4) is 0 Å². The summed E-state index contributed by atoms with van der Waals surface area (Å²) >= 11 is 2.31. The van der Waals surface area contributed by atoms with Gasteiger partial charge in [-0.15, -0.1) is 0 Å². The first-order valence-electron chi connectivity index (χ1n) is 9.74.